The summed E-state index contributed by atoms with van der Waals surface area (Å²) >= 11 is 5.94. The normalized spacial score (nSPS) is 21.8. The molecular weight excluding hydrogens is 308 g/mol. The van der Waals surface area contributed by atoms with Gasteiger partial charge < -0.3 is 15.7 Å². The zero-order chi connectivity index (χ0) is 16.7. The molecule has 0 radical (unpaired) electrons. The molecule has 0 spiro atoms. The van der Waals surface area contributed by atoms with Crippen molar-refractivity contribution in [1.29, 1.82) is 0 Å². The molecule has 0 heterocycles. The van der Waals surface area contributed by atoms with E-state index in [-0.39, 0.29) is 22.4 Å². The molecule has 2 amide bonds. The van der Waals surface area contributed by atoms with Gasteiger partial charge in [0.1, 0.15) is 0 Å². The predicted molar refractivity (Wildman–Crippen MR) is 81.9 cm³/mol. The van der Waals surface area contributed by atoms with Gasteiger partial charge in [-0.2, -0.15) is 0 Å². The molecule has 1 aliphatic carbocycles. The lowest BCUT2D eigenvalue weighted by Gasteiger charge is -2.09. The van der Waals surface area contributed by atoms with Gasteiger partial charge in [0, 0.05) is 12.7 Å². The van der Waals surface area contributed by atoms with Gasteiger partial charge in [0.25, 0.3) is 5.91 Å². The first kappa shape index (κ1) is 16.3. The summed E-state index contributed by atoms with van der Waals surface area (Å²) in [5, 5.41) is 14.5. The van der Waals surface area contributed by atoms with Crippen LogP contribution in [0.2, 0.25) is 5.02 Å². The minimum absolute atomic E-state index is 0.242. The van der Waals surface area contributed by atoms with Crippen LogP contribution in [0.5, 0.6) is 0 Å². The lowest BCUT2D eigenvalue weighted by molar-refractivity contribution is -0.140. The van der Waals surface area contributed by atoms with E-state index in [9.17, 15) is 14.4 Å². The molecule has 1 saturated carbocycles. The maximum Gasteiger partial charge on any atom is 0.307 e. The molecule has 1 aliphatic rings. The van der Waals surface area contributed by atoms with Gasteiger partial charge in [0.15, 0.2) is 0 Å². The summed E-state index contributed by atoms with van der Waals surface area (Å²) in [6.07, 6.45) is 0. The van der Waals surface area contributed by atoms with Gasteiger partial charge in [-0.15, -0.1) is 0 Å². The number of anilines is 1. The van der Waals surface area contributed by atoms with E-state index in [0.29, 0.717) is 5.69 Å². The maximum atomic E-state index is 12.2. The second-order valence-electron chi connectivity index (χ2n) is 5.88. The van der Waals surface area contributed by atoms with Crippen molar-refractivity contribution in [3.63, 3.8) is 0 Å². The number of amides is 2. The Kier molecular flexibility index (Phi) is 4.15. The number of nitrogens with one attached hydrogen (secondary N) is 2. The van der Waals surface area contributed by atoms with E-state index in [2.05, 4.69) is 10.6 Å². The number of halogens is 1. The minimum Gasteiger partial charge on any atom is -0.481 e. The van der Waals surface area contributed by atoms with Crippen LogP contribution in [0.4, 0.5) is 5.69 Å². The van der Waals surface area contributed by atoms with Crippen molar-refractivity contribution < 1.29 is 19.5 Å². The summed E-state index contributed by atoms with van der Waals surface area (Å²) < 4.78 is 0. The number of benzene rings is 1. The number of carbonyl (C=O) groups excluding carboxylic acids is 2. The lowest BCUT2D eigenvalue weighted by Crippen LogP contribution is -2.20. The number of hydrogen-bond acceptors (Lipinski definition) is 3. The van der Waals surface area contributed by atoms with Crippen molar-refractivity contribution in [2.45, 2.75) is 13.8 Å². The van der Waals surface area contributed by atoms with Gasteiger partial charge in [0.05, 0.1) is 22.4 Å². The Morgan fingerprint density at radius 1 is 1.23 bits per heavy atom. The standard InChI is InChI=1S/C15H17ClN2O4/c1-15(2)10(11(15)14(21)22)13(20)18-7-4-5-9(16)8(6-7)12(19)17-3/h4-6,10-11H,1-3H3,(H,17,19)(H,18,20)(H,21,22). The van der Waals surface area contributed by atoms with Crippen molar-refractivity contribution >= 4 is 35.1 Å². The number of hydrogen-bond donors (Lipinski definition) is 3. The van der Waals surface area contributed by atoms with Crippen molar-refractivity contribution in [1.82, 2.24) is 5.32 Å². The maximum absolute atomic E-state index is 12.2. The van der Waals surface area contributed by atoms with E-state index in [1.165, 1.54) is 19.2 Å². The first-order chi connectivity index (χ1) is 10.2. The number of aliphatic carboxylic acids is 1. The monoisotopic (exact) mass is 324 g/mol. The van der Waals surface area contributed by atoms with Crippen LogP contribution in [-0.4, -0.2) is 29.9 Å². The van der Waals surface area contributed by atoms with Crippen LogP contribution < -0.4 is 10.6 Å². The molecule has 1 fully saturated rings. The highest BCUT2D eigenvalue weighted by Crippen LogP contribution is 2.58. The van der Waals surface area contributed by atoms with E-state index >= 15 is 0 Å². The lowest BCUT2D eigenvalue weighted by atomic mass is 10.1. The quantitative estimate of drug-likeness (QED) is 0.789. The zero-order valence-electron chi connectivity index (χ0n) is 12.4. The molecule has 6 nitrogen and oxygen atoms in total. The number of carbonyl (C=O) groups is 3. The predicted octanol–water partition coefficient (Wildman–Crippen LogP) is 1.99. The molecule has 2 unspecified atom stereocenters. The summed E-state index contributed by atoms with van der Waals surface area (Å²) in [6, 6.07) is 4.54. The van der Waals surface area contributed by atoms with E-state index in [4.69, 9.17) is 16.7 Å². The number of carboxylic acid groups (broad SMARTS) is 1. The Balaban J connectivity index is 2.17. The smallest absolute Gasteiger partial charge is 0.307 e. The fourth-order valence-electron chi connectivity index (χ4n) is 2.72. The molecule has 0 aromatic heterocycles. The molecule has 1 aromatic carbocycles. The van der Waals surface area contributed by atoms with Crippen LogP contribution in [0.15, 0.2) is 18.2 Å². The van der Waals surface area contributed by atoms with Gasteiger partial charge in [-0.3, -0.25) is 14.4 Å². The zero-order valence-corrected chi connectivity index (χ0v) is 13.2. The van der Waals surface area contributed by atoms with Crippen LogP contribution in [0.25, 0.3) is 0 Å². The second-order valence-corrected chi connectivity index (χ2v) is 6.29. The Morgan fingerprint density at radius 3 is 2.36 bits per heavy atom. The molecule has 3 N–H and O–H groups in total. The molecule has 22 heavy (non-hydrogen) atoms. The molecule has 7 heteroatoms. The fraction of sp³-hybridized carbons (Fsp3) is 0.400. The van der Waals surface area contributed by atoms with Crippen molar-refractivity contribution in [3.8, 4) is 0 Å². The molecular formula is C15H17ClN2O4. The average Bonchev–Trinajstić information content (AvgIpc) is 3.03. The van der Waals surface area contributed by atoms with Crippen LogP contribution in [0, 0.1) is 17.3 Å². The van der Waals surface area contributed by atoms with Crippen molar-refractivity contribution in [2.75, 3.05) is 12.4 Å². The summed E-state index contributed by atoms with van der Waals surface area (Å²) in [5.74, 6) is -3.01. The van der Waals surface area contributed by atoms with Crippen LogP contribution in [0.3, 0.4) is 0 Å². The minimum atomic E-state index is -0.979. The fourth-order valence-corrected chi connectivity index (χ4v) is 2.92. The summed E-state index contributed by atoms with van der Waals surface area (Å²) in [7, 11) is 1.48. The summed E-state index contributed by atoms with van der Waals surface area (Å²) in [4.78, 5) is 35.0. The molecule has 2 rings (SSSR count). The third-order valence-electron chi connectivity index (χ3n) is 4.08. The Bertz CT molecular complexity index is 657. The summed E-state index contributed by atoms with van der Waals surface area (Å²) in [6.45, 7) is 3.49. The molecule has 1 aromatic rings. The van der Waals surface area contributed by atoms with Gasteiger partial charge >= 0.3 is 5.97 Å². The molecule has 0 bridgehead atoms. The van der Waals surface area contributed by atoms with Crippen molar-refractivity contribution in [2.24, 2.45) is 17.3 Å². The molecule has 2 atom stereocenters. The Labute approximate surface area is 132 Å². The highest BCUT2D eigenvalue weighted by atomic mass is 35.5. The van der Waals surface area contributed by atoms with E-state index < -0.39 is 23.2 Å². The molecule has 0 saturated heterocycles. The molecule has 0 aliphatic heterocycles. The third-order valence-corrected chi connectivity index (χ3v) is 4.41. The van der Waals surface area contributed by atoms with Gasteiger partial charge in [-0.05, 0) is 23.6 Å². The van der Waals surface area contributed by atoms with Gasteiger partial charge in [0.2, 0.25) is 5.91 Å². The summed E-state index contributed by atoms with van der Waals surface area (Å²) in [5.41, 5.74) is 0.0676. The van der Waals surface area contributed by atoms with E-state index in [1.807, 2.05) is 0 Å². The van der Waals surface area contributed by atoms with Crippen LogP contribution in [0.1, 0.15) is 24.2 Å². The topological polar surface area (TPSA) is 95.5 Å². The van der Waals surface area contributed by atoms with E-state index in [1.54, 1.807) is 19.9 Å². The number of carboxylic acids is 1. The van der Waals surface area contributed by atoms with E-state index in [0.717, 1.165) is 0 Å². The van der Waals surface area contributed by atoms with Crippen molar-refractivity contribution in [3.05, 3.63) is 28.8 Å². The Hall–Kier alpha value is -2.08. The number of rotatable bonds is 4. The third kappa shape index (κ3) is 2.78. The average molecular weight is 325 g/mol. The SMILES string of the molecule is CNC(=O)c1cc(NC(=O)C2C(C(=O)O)C2(C)C)ccc1Cl. The van der Waals surface area contributed by atoms with Gasteiger partial charge in [-0.25, -0.2) is 0 Å². The highest BCUT2D eigenvalue weighted by molar-refractivity contribution is 6.34. The van der Waals surface area contributed by atoms with Gasteiger partial charge in [-0.1, -0.05) is 25.4 Å². The first-order valence-corrected chi connectivity index (χ1v) is 7.13. The van der Waals surface area contributed by atoms with Crippen LogP contribution >= 0.6 is 11.6 Å². The molecule has 118 valence electrons. The first-order valence-electron chi connectivity index (χ1n) is 6.75. The largest absolute Gasteiger partial charge is 0.481 e. The highest BCUT2D eigenvalue weighted by Gasteiger charge is 2.65. The second kappa shape index (κ2) is 5.61. The van der Waals surface area contributed by atoms with Crippen LogP contribution in [-0.2, 0) is 9.59 Å². The Morgan fingerprint density at radius 2 is 1.86 bits per heavy atom.